The molecule has 2 aromatic rings. The molecule has 0 radical (unpaired) electrons. The zero-order chi connectivity index (χ0) is 13.7. The minimum Gasteiger partial charge on any atom is -0.311 e. The van der Waals surface area contributed by atoms with E-state index in [9.17, 15) is 0 Å². The molecular weight excluding hydrogens is 304 g/mol. The van der Waals surface area contributed by atoms with Crippen LogP contribution in [0.4, 0.5) is 0 Å². The third-order valence-corrected chi connectivity index (χ3v) is 3.07. The van der Waals surface area contributed by atoms with Gasteiger partial charge >= 0.3 is 0 Å². The summed E-state index contributed by atoms with van der Waals surface area (Å²) in [4.78, 5) is 13.3. The van der Waals surface area contributed by atoms with Crippen LogP contribution in [0.3, 0.4) is 0 Å². The molecular formula is C14H17BrN4. The molecule has 19 heavy (non-hydrogen) atoms. The SMILES string of the molecule is CCCNCc1cc(C)nc(-c2ccc(Br)cn2)n1. The number of halogens is 1. The van der Waals surface area contributed by atoms with Crippen molar-refractivity contribution in [2.24, 2.45) is 0 Å². The molecule has 5 heteroatoms. The van der Waals surface area contributed by atoms with Gasteiger partial charge in [-0.3, -0.25) is 4.98 Å². The van der Waals surface area contributed by atoms with Crippen LogP contribution in [0.25, 0.3) is 11.5 Å². The van der Waals surface area contributed by atoms with E-state index in [4.69, 9.17) is 0 Å². The Hall–Kier alpha value is -1.33. The van der Waals surface area contributed by atoms with Gasteiger partial charge in [0.15, 0.2) is 5.82 Å². The van der Waals surface area contributed by atoms with Crippen LogP contribution in [0.2, 0.25) is 0 Å². The van der Waals surface area contributed by atoms with E-state index in [1.54, 1.807) is 6.20 Å². The number of nitrogens with one attached hydrogen (secondary N) is 1. The first-order chi connectivity index (χ1) is 9.19. The molecule has 1 N–H and O–H groups in total. The van der Waals surface area contributed by atoms with Crippen LogP contribution < -0.4 is 5.32 Å². The van der Waals surface area contributed by atoms with E-state index in [0.29, 0.717) is 5.82 Å². The smallest absolute Gasteiger partial charge is 0.178 e. The summed E-state index contributed by atoms with van der Waals surface area (Å²) in [6, 6.07) is 5.87. The van der Waals surface area contributed by atoms with Crippen LogP contribution in [-0.2, 0) is 6.54 Å². The second-order valence-electron chi connectivity index (χ2n) is 4.36. The second-order valence-corrected chi connectivity index (χ2v) is 5.28. The van der Waals surface area contributed by atoms with Gasteiger partial charge in [0.1, 0.15) is 5.69 Å². The number of aryl methyl sites for hydroxylation is 1. The van der Waals surface area contributed by atoms with Gasteiger partial charge in [-0.25, -0.2) is 9.97 Å². The highest BCUT2D eigenvalue weighted by molar-refractivity contribution is 9.10. The lowest BCUT2D eigenvalue weighted by atomic mass is 10.3. The zero-order valence-electron chi connectivity index (χ0n) is 11.2. The molecule has 0 spiro atoms. The summed E-state index contributed by atoms with van der Waals surface area (Å²) in [5.41, 5.74) is 2.76. The van der Waals surface area contributed by atoms with E-state index >= 15 is 0 Å². The Morgan fingerprint density at radius 1 is 1.26 bits per heavy atom. The predicted molar refractivity (Wildman–Crippen MR) is 79.7 cm³/mol. The highest BCUT2D eigenvalue weighted by Crippen LogP contribution is 2.16. The standard InChI is InChI=1S/C14H17BrN4/c1-3-6-16-9-12-7-10(2)18-14(19-12)13-5-4-11(15)8-17-13/h4-5,7-8,16H,3,6,9H2,1-2H3. The summed E-state index contributed by atoms with van der Waals surface area (Å²) in [5, 5.41) is 3.35. The van der Waals surface area contributed by atoms with Crippen molar-refractivity contribution < 1.29 is 0 Å². The Morgan fingerprint density at radius 2 is 2.11 bits per heavy atom. The fraction of sp³-hybridized carbons (Fsp3) is 0.357. The van der Waals surface area contributed by atoms with Gasteiger partial charge < -0.3 is 5.32 Å². The summed E-state index contributed by atoms with van der Waals surface area (Å²) < 4.78 is 0.953. The largest absolute Gasteiger partial charge is 0.311 e. The minimum absolute atomic E-state index is 0.681. The van der Waals surface area contributed by atoms with E-state index in [-0.39, 0.29) is 0 Å². The highest BCUT2D eigenvalue weighted by atomic mass is 79.9. The number of pyridine rings is 1. The third kappa shape index (κ3) is 4.08. The van der Waals surface area contributed by atoms with Crippen LogP contribution in [0.1, 0.15) is 24.7 Å². The topological polar surface area (TPSA) is 50.7 Å². The molecule has 0 fully saturated rings. The fourth-order valence-electron chi connectivity index (χ4n) is 1.74. The van der Waals surface area contributed by atoms with Crippen molar-refractivity contribution in [2.75, 3.05) is 6.54 Å². The Bertz CT molecular complexity index is 540. The summed E-state index contributed by atoms with van der Waals surface area (Å²) in [7, 11) is 0. The Labute approximate surface area is 121 Å². The molecule has 0 unspecified atom stereocenters. The van der Waals surface area contributed by atoms with Gasteiger partial charge in [0, 0.05) is 22.9 Å². The maximum atomic E-state index is 4.55. The molecule has 4 nitrogen and oxygen atoms in total. The number of aromatic nitrogens is 3. The summed E-state index contributed by atoms with van der Waals surface area (Å²) in [6.45, 7) is 5.89. The van der Waals surface area contributed by atoms with E-state index in [0.717, 1.165) is 41.1 Å². The van der Waals surface area contributed by atoms with Crippen LogP contribution in [-0.4, -0.2) is 21.5 Å². The van der Waals surface area contributed by atoms with E-state index in [1.165, 1.54) is 0 Å². The van der Waals surface area contributed by atoms with Crippen molar-refractivity contribution in [3.8, 4) is 11.5 Å². The number of hydrogen-bond acceptors (Lipinski definition) is 4. The first kappa shape index (κ1) is 14.1. The van der Waals surface area contributed by atoms with Crippen LogP contribution >= 0.6 is 15.9 Å². The normalized spacial score (nSPS) is 10.7. The van der Waals surface area contributed by atoms with Crippen molar-refractivity contribution in [3.63, 3.8) is 0 Å². The number of rotatable bonds is 5. The molecule has 0 saturated carbocycles. The van der Waals surface area contributed by atoms with E-state index in [1.807, 2.05) is 25.1 Å². The lowest BCUT2D eigenvalue weighted by Crippen LogP contribution is -2.15. The maximum Gasteiger partial charge on any atom is 0.178 e. The zero-order valence-corrected chi connectivity index (χ0v) is 12.7. The van der Waals surface area contributed by atoms with Gasteiger partial charge in [-0.1, -0.05) is 6.92 Å². The average Bonchev–Trinajstić information content (AvgIpc) is 2.39. The molecule has 0 aliphatic heterocycles. The van der Waals surface area contributed by atoms with Crippen LogP contribution in [0.15, 0.2) is 28.9 Å². The van der Waals surface area contributed by atoms with Crippen LogP contribution in [0, 0.1) is 6.92 Å². The van der Waals surface area contributed by atoms with Gasteiger partial charge in [0.2, 0.25) is 0 Å². The van der Waals surface area contributed by atoms with Gasteiger partial charge in [0.05, 0.1) is 5.69 Å². The lowest BCUT2D eigenvalue weighted by molar-refractivity contribution is 0.662. The average molecular weight is 321 g/mol. The number of hydrogen-bond donors (Lipinski definition) is 1. The molecule has 0 bridgehead atoms. The molecule has 0 aliphatic carbocycles. The molecule has 0 atom stereocenters. The molecule has 2 heterocycles. The van der Waals surface area contributed by atoms with E-state index < -0.39 is 0 Å². The quantitative estimate of drug-likeness (QED) is 0.860. The van der Waals surface area contributed by atoms with Crippen molar-refractivity contribution in [1.82, 2.24) is 20.3 Å². The molecule has 0 aliphatic rings. The lowest BCUT2D eigenvalue weighted by Gasteiger charge is -2.06. The van der Waals surface area contributed by atoms with Crippen molar-refractivity contribution in [2.45, 2.75) is 26.8 Å². The fourth-order valence-corrected chi connectivity index (χ4v) is 1.97. The molecule has 0 aromatic carbocycles. The summed E-state index contributed by atoms with van der Waals surface area (Å²) in [6.07, 6.45) is 2.88. The van der Waals surface area contributed by atoms with Crippen molar-refractivity contribution in [3.05, 3.63) is 40.3 Å². The summed E-state index contributed by atoms with van der Waals surface area (Å²) in [5.74, 6) is 0.681. The first-order valence-electron chi connectivity index (χ1n) is 6.36. The monoisotopic (exact) mass is 320 g/mol. The molecule has 100 valence electrons. The van der Waals surface area contributed by atoms with Gasteiger partial charge in [-0.15, -0.1) is 0 Å². The molecule has 2 aromatic heterocycles. The Balaban J connectivity index is 2.23. The van der Waals surface area contributed by atoms with Crippen molar-refractivity contribution >= 4 is 15.9 Å². The van der Waals surface area contributed by atoms with Crippen molar-refractivity contribution in [1.29, 1.82) is 0 Å². The van der Waals surface area contributed by atoms with Crippen LogP contribution in [0.5, 0.6) is 0 Å². The van der Waals surface area contributed by atoms with Gasteiger partial charge in [-0.2, -0.15) is 0 Å². The maximum absolute atomic E-state index is 4.55. The predicted octanol–water partition coefficient (Wildman–Crippen LogP) is 3.11. The second kappa shape index (κ2) is 6.73. The first-order valence-corrected chi connectivity index (χ1v) is 7.15. The third-order valence-electron chi connectivity index (χ3n) is 2.60. The summed E-state index contributed by atoms with van der Waals surface area (Å²) >= 11 is 3.38. The molecule has 0 saturated heterocycles. The van der Waals surface area contributed by atoms with E-state index in [2.05, 4.69) is 43.1 Å². The Morgan fingerprint density at radius 3 is 2.79 bits per heavy atom. The molecule has 2 rings (SSSR count). The number of nitrogens with zero attached hydrogens (tertiary/aromatic N) is 3. The van der Waals surface area contributed by atoms with Gasteiger partial charge in [-0.05, 0) is 54.0 Å². The van der Waals surface area contributed by atoms with Gasteiger partial charge in [0.25, 0.3) is 0 Å². The highest BCUT2D eigenvalue weighted by Gasteiger charge is 2.06. The Kier molecular flexibility index (Phi) is 4.99. The minimum atomic E-state index is 0.681. The molecule has 0 amide bonds.